The fourth-order valence-corrected chi connectivity index (χ4v) is 5.95. The van der Waals surface area contributed by atoms with Crippen molar-refractivity contribution in [1.82, 2.24) is 34.2 Å². The number of ether oxygens (including phenoxy) is 2. The largest absolute Gasteiger partial charge is 0.378 e. The zero-order chi connectivity index (χ0) is 26.3. The lowest BCUT2D eigenvalue weighted by Crippen LogP contribution is -2.58. The first-order chi connectivity index (χ1) is 19.2. The van der Waals surface area contributed by atoms with E-state index >= 15 is 0 Å². The van der Waals surface area contributed by atoms with Gasteiger partial charge in [0.25, 0.3) is 0 Å². The van der Waals surface area contributed by atoms with Crippen molar-refractivity contribution in [3.8, 4) is 22.6 Å². The minimum Gasteiger partial charge on any atom is -0.378 e. The van der Waals surface area contributed by atoms with Crippen molar-refractivity contribution in [3.63, 3.8) is 0 Å². The summed E-state index contributed by atoms with van der Waals surface area (Å²) in [5, 5.41) is 4.59. The fourth-order valence-electron chi connectivity index (χ4n) is 5.95. The second kappa shape index (κ2) is 10.2. The number of hydrogen-bond donors (Lipinski definition) is 0. The second-order valence-electron chi connectivity index (χ2n) is 10.5. The van der Waals surface area contributed by atoms with E-state index in [0.717, 1.165) is 98.8 Å². The Balaban J connectivity index is 1.34. The summed E-state index contributed by atoms with van der Waals surface area (Å²) in [4.78, 5) is 22.8. The minimum absolute atomic E-state index is 0.396. The van der Waals surface area contributed by atoms with Crippen LogP contribution in [0.5, 0.6) is 0 Å². The van der Waals surface area contributed by atoms with E-state index < -0.39 is 0 Å². The Morgan fingerprint density at radius 3 is 2.56 bits per heavy atom. The zero-order valence-electron chi connectivity index (χ0n) is 22.7. The molecule has 3 aliphatic heterocycles. The quantitative estimate of drug-likeness (QED) is 0.386. The van der Waals surface area contributed by atoms with Crippen molar-refractivity contribution in [2.75, 3.05) is 75.5 Å². The topological polar surface area (TPSA) is 89.6 Å². The summed E-state index contributed by atoms with van der Waals surface area (Å²) in [6, 6.07) is 10.8. The van der Waals surface area contributed by atoms with Crippen LogP contribution >= 0.6 is 0 Å². The normalized spacial score (nSPS) is 20.5. The molecule has 0 spiro atoms. The Morgan fingerprint density at radius 1 is 0.897 bits per heavy atom. The lowest BCUT2D eigenvalue weighted by Gasteiger charge is -2.44. The minimum atomic E-state index is 0.396. The SMILES string of the molecule is CCn1c(N2CCN3CCOCC3C2)nc2c(N3CCOCC3)nc(-c3cccc(-c4ccn(C)n4)c3)nc21. The lowest BCUT2D eigenvalue weighted by molar-refractivity contribution is -0.0119. The van der Waals surface area contributed by atoms with E-state index in [0.29, 0.717) is 25.1 Å². The van der Waals surface area contributed by atoms with Crippen LogP contribution in [0.2, 0.25) is 0 Å². The smallest absolute Gasteiger partial charge is 0.208 e. The number of hydrogen-bond acceptors (Lipinski definition) is 9. The van der Waals surface area contributed by atoms with Crippen LogP contribution in [0.25, 0.3) is 33.8 Å². The molecule has 39 heavy (non-hydrogen) atoms. The highest BCUT2D eigenvalue weighted by atomic mass is 16.5. The average molecular weight is 530 g/mol. The van der Waals surface area contributed by atoms with Gasteiger partial charge in [0.1, 0.15) is 0 Å². The van der Waals surface area contributed by atoms with Crippen molar-refractivity contribution in [2.24, 2.45) is 7.05 Å². The fraction of sp³-hybridized carbons (Fsp3) is 0.500. The maximum absolute atomic E-state index is 5.80. The molecule has 0 saturated carbocycles. The third-order valence-corrected chi connectivity index (χ3v) is 8.03. The molecular weight excluding hydrogens is 494 g/mol. The molecule has 0 N–H and O–H groups in total. The van der Waals surface area contributed by atoms with E-state index in [1.165, 1.54) is 0 Å². The maximum atomic E-state index is 5.80. The number of aryl methyl sites for hydroxylation is 2. The number of nitrogens with zero attached hydrogens (tertiary/aromatic N) is 9. The Hall–Kier alpha value is -3.54. The number of aromatic nitrogens is 6. The van der Waals surface area contributed by atoms with Crippen LogP contribution in [0.4, 0.5) is 11.8 Å². The highest BCUT2D eigenvalue weighted by Gasteiger charge is 2.33. The monoisotopic (exact) mass is 529 g/mol. The molecule has 3 saturated heterocycles. The van der Waals surface area contributed by atoms with Crippen LogP contribution in [-0.2, 0) is 23.1 Å². The van der Waals surface area contributed by atoms with Gasteiger partial charge < -0.3 is 19.3 Å². The summed E-state index contributed by atoms with van der Waals surface area (Å²) < 4.78 is 15.5. The van der Waals surface area contributed by atoms with Crippen LogP contribution in [-0.4, -0.2) is 106 Å². The number of morpholine rings is 2. The van der Waals surface area contributed by atoms with Crippen LogP contribution in [0.15, 0.2) is 36.5 Å². The molecule has 1 atom stereocenters. The molecule has 3 aromatic heterocycles. The number of imidazole rings is 1. The third-order valence-electron chi connectivity index (χ3n) is 8.03. The molecule has 3 aliphatic rings. The molecular formula is C28H35N9O2. The Morgan fingerprint density at radius 2 is 1.74 bits per heavy atom. The summed E-state index contributed by atoms with van der Waals surface area (Å²) >= 11 is 0. The van der Waals surface area contributed by atoms with Crippen LogP contribution in [0.1, 0.15) is 6.92 Å². The van der Waals surface area contributed by atoms with Gasteiger partial charge in [-0.25, -0.2) is 15.0 Å². The van der Waals surface area contributed by atoms with Gasteiger partial charge in [0.15, 0.2) is 22.8 Å². The molecule has 204 valence electrons. The average Bonchev–Trinajstić information content (AvgIpc) is 3.60. The zero-order valence-corrected chi connectivity index (χ0v) is 22.7. The van der Waals surface area contributed by atoms with Crippen LogP contribution in [0.3, 0.4) is 0 Å². The van der Waals surface area contributed by atoms with E-state index in [1.807, 2.05) is 24.0 Å². The van der Waals surface area contributed by atoms with Crippen LogP contribution < -0.4 is 9.80 Å². The van der Waals surface area contributed by atoms with Crippen LogP contribution in [0, 0.1) is 0 Å². The first-order valence-corrected chi connectivity index (χ1v) is 14.0. The maximum Gasteiger partial charge on any atom is 0.208 e. The summed E-state index contributed by atoms with van der Waals surface area (Å²) in [5.41, 5.74) is 4.68. The molecule has 11 nitrogen and oxygen atoms in total. The molecule has 1 unspecified atom stereocenters. The highest BCUT2D eigenvalue weighted by molar-refractivity contribution is 5.88. The molecule has 11 heteroatoms. The summed E-state index contributed by atoms with van der Waals surface area (Å²) in [6.45, 7) is 11.4. The van der Waals surface area contributed by atoms with Gasteiger partial charge in [0.2, 0.25) is 5.95 Å². The van der Waals surface area contributed by atoms with Gasteiger partial charge in [0.05, 0.1) is 38.2 Å². The molecule has 3 fully saturated rings. The molecule has 0 bridgehead atoms. The first-order valence-electron chi connectivity index (χ1n) is 14.0. The molecule has 4 aromatic rings. The number of fused-ring (bicyclic) bond motifs is 2. The van der Waals surface area contributed by atoms with Crippen molar-refractivity contribution < 1.29 is 9.47 Å². The van der Waals surface area contributed by atoms with E-state index in [2.05, 4.69) is 55.6 Å². The Bertz CT molecular complexity index is 1480. The third kappa shape index (κ3) is 4.54. The highest BCUT2D eigenvalue weighted by Crippen LogP contribution is 2.33. The van der Waals surface area contributed by atoms with Gasteiger partial charge >= 0.3 is 0 Å². The number of anilines is 2. The van der Waals surface area contributed by atoms with E-state index in [1.54, 1.807) is 0 Å². The second-order valence-corrected chi connectivity index (χ2v) is 10.5. The van der Waals surface area contributed by atoms with Crippen molar-refractivity contribution in [3.05, 3.63) is 36.5 Å². The van der Waals surface area contributed by atoms with Gasteiger partial charge in [-0.3, -0.25) is 14.1 Å². The number of benzene rings is 1. The standard InChI is InChI=1S/C28H35N9O2/c1-3-37-27-24(29-28(37)36-10-9-34-11-16-39-19-22(34)18-36)26(35-12-14-38-15-13-35)30-25(31-27)21-6-4-5-20(17-21)23-7-8-33(2)32-23/h4-8,17,22H,3,9-16,18-19H2,1-2H3. The number of rotatable bonds is 5. The molecule has 0 aliphatic carbocycles. The molecule has 7 rings (SSSR count). The predicted molar refractivity (Wildman–Crippen MR) is 150 cm³/mol. The van der Waals surface area contributed by atoms with Gasteiger partial charge in [-0.15, -0.1) is 0 Å². The van der Waals surface area contributed by atoms with Gasteiger partial charge in [-0.2, -0.15) is 5.10 Å². The molecule has 1 aromatic carbocycles. The predicted octanol–water partition coefficient (Wildman–Crippen LogP) is 2.27. The lowest BCUT2D eigenvalue weighted by atomic mass is 10.1. The molecule has 0 amide bonds. The van der Waals surface area contributed by atoms with Gasteiger partial charge in [-0.05, 0) is 19.1 Å². The Labute approximate surface area is 228 Å². The van der Waals surface area contributed by atoms with Gasteiger partial charge in [-0.1, -0.05) is 18.2 Å². The molecule has 6 heterocycles. The van der Waals surface area contributed by atoms with Crippen molar-refractivity contribution in [2.45, 2.75) is 19.5 Å². The summed E-state index contributed by atoms with van der Waals surface area (Å²) in [7, 11) is 1.93. The van der Waals surface area contributed by atoms with E-state index in [4.69, 9.17) is 24.4 Å². The summed E-state index contributed by atoms with van der Waals surface area (Å²) in [5.74, 6) is 2.56. The molecule has 0 radical (unpaired) electrons. The van der Waals surface area contributed by atoms with Gasteiger partial charge in [0, 0.05) is 70.2 Å². The number of piperazine rings is 1. The van der Waals surface area contributed by atoms with E-state index in [-0.39, 0.29) is 0 Å². The summed E-state index contributed by atoms with van der Waals surface area (Å²) in [6.07, 6.45) is 1.96. The van der Waals surface area contributed by atoms with Crippen molar-refractivity contribution in [1.29, 1.82) is 0 Å². The first kappa shape index (κ1) is 24.5. The van der Waals surface area contributed by atoms with Crippen molar-refractivity contribution >= 4 is 22.9 Å². The van der Waals surface area contributed by atoms with E-state index in [9.17, 15) is 0 Å². The Kier molecular flexibility index (Phi) is 6.42.